The maximum Gasteiger partial charge on any atom is 0.306 e. The number of amides is 2. The lowest BCUT2D eigenvalue weighted by Gasteiger charge is -2.34. The fourth-order valence-corrected chi connectivity index (χ4v) is 10.7. The number of pyridine rings is 1. The van der Waals surface area contributed by atoms with E-state index < -0.39 is 44.7 Å². The van der Waals surface area contributed by atoms with Crippen LogP contribution in [0.3, 0.4) is 0 Å². The lowest BCUT2D eigenvalue weighted by Crippen LogP contribution is -2.48. The standard InChI is InChI=1S/C41H51N3O8S/c1-2-29-22-41(29,39(48)43-53(49,50)31-12-13-31)23-35(45)34-20-30-24-44(34)38(47)33(27-8-4-3-5-9-27)21-36(46)51-25-40(16-17-40)15-6-7-26-10-11-28-14-18-42-37(52-30)32(28)19-26/h2,10-11,14,18-19,27,29-31,33-34H,1,3-9,12-13,15-17,20-25H2,(H,43,48)/t29-,30+,33-,34-,41+/m0/s1. The number of sulfonamides is 1. The molecular weight excluding hydrogens is 695 g/mol. The molecule has 284 valence electrons. The Balaban J connectivity index is 1.12. The molecule has 6 aliphatic rings. The third-order valence-corrected chi connectivity index (χ3v) is 15.0. The maximum absolute atomic E-state index is 14.9. The van der Waals surface area contributed by atoms with Gasteiger partial charge in [-0.3, -0.25) is 23.9 Å². The first kappa shape index (κ1) is 36.2. The molecule has 0 unspecified atom stereocenters. The molecule has 5 fully saturated rings. The van der Waals surface area contributed by atoms with E-state index in [1.54, 1.807) is 17.2 Å². The van der Waals surface area contributed by atoms with Gasteiger partial charge in [0.15, 0.2) is 5.78 Å². The van der Waals surface area contributed by atoms with Crippen LogP contribution in [0.5, 0.6) is 5.88 Å². The van der Waals surface area contributed by atoms with Gasteiger partial charge in [0.1, 0.15) is 6.10 Å². The number of nitrogens with zero attached hydrogens (tertiary/aromatic N) is 2. The Hall–Kier alpha value is -3.80. The van der Waals surface area contributed by atoms with E-state index in [0.717, 1.165) is 80.5 Å². The number of hydrogen-bond donors (Lipinski definition) is 1. The number of ketones is 1. The van der Waals surface area contributed by atoms with E-state index in [-0.39, 0.29) is 60.7 Å². The fraction of sp³-hybridized carbons (Fsp3) is 0.634. The topological polar surface area (TPSA) is 149 Å². The first-order chi connectivity index (χ1) is 25.5. The van der Waals surface area contributed by atoms with Crippen molar-refractivity contribution in [3.05, 3.63) is 48.7 Å². The van der Waals surface area contributed by atoms with Gasteiger partial charge in [0.25, 0.3) is 0 Å². The van der Waals surface area contributed by atoms with Gasteiger partial charge in [0.05, 0.1) is 42.2 Å². The van der Waals surface area contributed by atoms with Crippen LogP contribution in [0.1, 0.15) is 102 Å². The molecule has 1 aromatic carbocycles. The lowest BCUT2D eigenvalue weighted by atomic mass is 9.77. The van der Waals surface area contributed by atoms with Gasteiger partial charge in [-0.2, -0.15) is 0 Å². The minimum absolute atomic E-state index is 0.00977. The van der Waals surface area contributed by atoms with Crippen LogP contribution in [0.2, 0.25) is 0 Å². The molecular formula is C41H51N3O8S. The highest BCUT2D eigenvalue weighted by atomic mass is 32.2. The van der Waals surface area contributed by atoms with Crippen molar-refractivity contribution in [2.75, 3.05) is 13.2 Å². The average molecular weight is 746 g/mol. The number of carbonyl (C=O) groups excluding carboxylic acids is 4. The van der Waals surface area contributed by atoms with E-state index in [1.165, 1.54) is 0 Å². The Labute approximate surface area is 311 Å². The average Bonchev–Trinajstić information content (AvgIpc) is 4.07. The number of fused-ring (bicyclic) bond motifs is 3. The van der Waals surface area contributed by atoms with Crippen LogP contribution in [0.25, 0.3) is 10.8 Å². The van der Waals surface area contributed by atoms with Gasteiger partial charge in [-0.05, 0) is 99.1 Å². The quantitative estimate of drug-likeness (QED) is 0.270. The second-order valence-electron chi connectivity index (χ2n) is 16.9. The summed E-state index contributed by atoms with van der Waals surface area (Å²) in [5.74, 6) is -2.24. The molecule has 8 rings (SSSR count). The van der Waals surface area contributed by atoms with Gasteiger partial charge in [0.2, 0.25) is 27.7 Å². The molecule has 4 aliphatic carbocycles. The second-order valence-corrected chi connectivity index (χ2v) is 18.9. The highest BCUT2D eigenvalue weighted by Crippen LogP contribution is 2.57. The molecule has 1 spiro atoms. The number of aromatic nitrogens is 1. The van der Waals surface area contributed by atoms with Gasteiger partial charge in [-0.1, -0.05) is 37.5 Å². The number of carbonyl (C=O) groups is 4. The fourth-order valence-electron chi connectivity index (χ4n) is 9.32. The molecule has 3 heterocycles. The van der Waals surface area contributed by atoms with Crippen LogP contribution in [-0.2, 0) is 40.4 Å². The Morgan fingerprint density at radius 1 is 1.04 bits per heavy atom. The molecule has 11 nitrogen and oxygen atoms in total. The third-order valence-electron chi connectivity index (χ3n) is 13.1. The molecule has 4 bridgehead atoms. The summed E-state index contributed by atoms with van der Waals surface area (Å²) in [6.07, 6.45) is 13.4. The largest absolute Gasteiger partial charge is 0.472 e. The molecule has 0 radical (unpaired) electrons. The number of cyclic esters (lactones) is 1. The molecule has 4 saturated carbocycles. The van der Waals surface area contributed by atoms with E-state index in [4.69, 9.17) is 9.47 Å². The zero-order chi connectivity index (χ0) is 37.0. The van der Waals surface area contributed by atoms with E-state index in [0.29, 0.717) is 31.7 Å². The van der Waals surface area contributed by atoms with Gasteiger partial charge in [0, 0.05) is 29.8 Å². The zero-order valence-corrected chi connectivity index (χ0v) is 31.2. The Kier molecular flexibility index (Phi) is 9.64. The molecule has 2 amide bonds. The maximum atomic E-state index is 14.9. The molecule has 53 heavy (non-hydrogen) atoms. The van der Waals surface area contributed by atoms with Crippen molar-refractivity contribution in [2.45, 2.75) is 120 Å². The molecule has 2 aliphatic heterocycles. The molecule has 1 aromatic heterocycles. The molecule has 2 aromatic rings. The minimum Gasteiger partial charge on any atom is -0.472 e. The summed E-state index contributed by atoms with van der Waals surface area (Å²) < 4.78 is 40.4. The van der Waals surface area contributed by atoms with Crippen molar-refractivity contribution < 1.29 is 37.1 Å². The summed E-state index contributed by atoms with van der Waals surface area (Å²) >= 11 is 0. The molecule has 12 heteroatoms. The number of nitrogens with one attached hydrogen (secondary N) is 1. The summed E-state index contributed by atoms with van der Waals surface area (Å²) in [7, 11) is -3.83. The van der Waals surface area contributed by atoms with E-state index in [1.807, 2.05) is 6.07 Å². The molecule has 5 atom stereocenters. The van der Waals surface area contributed by atoms with Crippen LogP contribution in [0.4, 0.5) is 0 Å². The summed E-state index contributed by atoms with van der Waals surface area (Å²) in [5.41, 5.74) is -0.103. The van der Waals surface area contributed by atoms with Crippen molar-refractivity contribution in [3.63, 3.8) is 0 Å². The van der Waals surface area contributed by atoms with E-state index in [2.05, 4.69) is 34.5 Å². The summed E-state index contributed by atoms with van der Waals surface area (Å²) in [4.78, 5) is 62.7. The van der Waals surface area contributed by atoms with Crippen molar-refractivity contribution in [1.82, 2.24) is 14.6 Å². The number of ether oxygens (including phenoxy) is 2. The van der Waals surface area contributed by atoms with E-state index >= 15 is 0 Å². The Bertz CT molecular complexity index is 1920. The van der Waals surface area contributed by atoms with Crippen molar-refractivity contribution in [1.29, 1.82) is 0 Å². The predicted molar refractivity (Wildman–Crippen MR) is 197 cm³/mol. The molecule has 1 N–H and O–H groups in total. The normalized spacial score (nSPS) is 30.6. The first-order valence-corrected chi connectivity index (χ1v) is 21.3. The molecule has 1 saturated heterocycles. The number of rotatable bonds is 8. The number of aryl methyl sites for hydroxylation is 1. The highest BCUT2D eigenvalue weighted by molar-refractivity contribution is 7.90. The summed E-state index contributed by atoms with van der Waals surface area (Å²) in [6.45, 7) is 4.33. The van der Waals surface area contributed by atoms with Crippen molar-refractivity contribution in [3.8, 4) is 5.88 Å². The number of Topliss-reactive ketones (excluding diaryl/α,β-unsaturated/α-hetero) is 1. The van der Waals surface area contributed by atoms with Gasteiger partial charge < -0.3 is 14.4 Å². The van der Waals surface area contributed by atoms with Crippen LogP contribution >= 0.6 is 0 Å². The summed E-state index contributed by atoms with van der Waals surface area (Å²) in [5, 5.41) is 1.26. The van der Waals surface area contributed by atoms with Gasteiger partial charge in [-0.25, -0.2) is 13.4 Å². The van der Waals surface area contributed by atoms with Crippen LogP contribution in [0.15, 0.2) is 43.1 Å². The van der Waals surface area contributed by atoms with Gasteiger partial charge in [-0.15, -0.1) is 6.58 Å². The zero-order valence-electron chi connectivity index (χ0n) is 30.4. The van der Waals surface area contributed by atoms with E-state index in [9.17, 15) is 27.6 Å². The number of benzene rings is 1. The first-order valence-electron chi connectivity index (χ1n) is 19.7. The smallest absolute Gasteiger partial charge is 0.306 e. The third kappa shape index (κ3) is 7.49. The van der Waals surface area contributed by atoms with Crippen molar-refractivity contribution >= 4 is 44.4 Å². The second kappa shape index (κ2) is 14.1. The number of allylic oxidation sites excluding steroid dienone is 1. The predicted octanol–water partition coefficient (Wildman–Crippen LogP) is 5.59. The lowest BCUT2D eigenvalue weighted by molar-refractivity contribution is -0.153. The summed E-state index contributed by atoms with van der Waals surface area (Å²) in [6, 6.07) is 7.32. The van der Waals surface area contributed by atoms with Crippen LogP contribution in [-0.4, -0.2) is 72.4 Å². The van der Waals surface area contributed by atoms with Gasteiger partial charge >= 0.3 is 5.97 Å². The monoisotopic (exact) mass is 745 g/mol. The number of hydrogen-bond acceptors (Lipinski definition) is 9. The SMILES string of the molecule is C=C[C@H]1C[C@]1(CC(=O)[C@@H]1C[C@@H]2CN1C(=O)[C@H](C1CCCCC1)CC(=O)OCC1(CCCc3ccc4ccnc(c4c3)O2)CC1)C(=O)NS(=O)(=O)C1CC1. The minimum atomic E-state index is -3.83. The number of esters is 1. The van der Waals surface area contributed by atoms with Crippen LogP contribution < -0.4 is 9.46 Å². The highest BCUT2D eigenvalue weighted by Gasteiger charge is 2.61. The van der Waals surface area contributed by atoms with Crippen molar-refractivity contribution in [2.24, 2.45) is 28.6 Å². The Morgan fingerprint density at radius 2 is 1.83 bits per heavy atom. The van der Waals surface area contributed by atoms with Crippen LogP contribution in [0, 0.1) is 28.6 Å². The Morgan fingerprint density at radius 3 is 2.55 bits per heavy atom.